The van der Waals surface area contributed by atoms with E-state index < -0.39 is 0 Å². The summed E-state index contributed by atoms with van der Waals surface area (Å²) < 4.78 is 5.94. The van der Waals surface area contributed by atoms with Gasteiger partial charge in [-0.05, 0) is 48.0 Å². The molecule has 2 N–H and O–H groups in total. The fourth-order valence-electron chi connectivity index (χ4n) is 4.15. The summed E-state index contributed by atoms with van der Waals surface area (Å²) in [6.45, 7) is 2.48. The summed E-state index contributed by atoms with van der Waals surface area (Å²) in [4.78, 5) is 53.7. The van der Waals surface area contributed by atoms with Gasteiger partial charge >= 0.3 is 0 Å². The Hall–Kier alpha value is -3.89. The maximum atomic E-state index is 13.4. The molecule has 0 atom stereocenters. The molecule has 1 aliphatic heterocycles. The lowest BCUT2D eigenvalue weighted by Crippen LogP contribution is -2.33. The number of halogens is 1. The number of nitrogens with one attached hydrogen (secondary N) is 2. The van der Waals surface area contributed by atoms with Crippen LogP contribution in [0.1, 0.15) is 42.9 Å². The molecule has 0 spiro atoms. The average Bonchev–Trinajstić information content (AvgIpc) is 3.25. The molecule has 0 fully saturated rings. The van der Waals surface area contributed by atoms with Gasteiger partial charge in [-0.25, -0.2) is 0 Å². The molecule has 0 bridgehead atoms. The molecule has 3 aromatic rings. The summed E-state index contributed by atoms with van der Waals surface area (Å²) >= 11 is 7.82. The number of benzene rings is 2. The van der Waals surface area contributed by atoms with Crippen LogP contribution in [0.25, 0.3) is 10.4 Å². The largest absolute Gasteiger partial charge is 0.493 e. The van der Waals surface area contributed by atoms with E-state index in [0.29, 0.717) is 58.6 Å². The van der Waals surface area contributed by atoms with Crippen LogP contribution in [0.4, 0.5) is 5.69 Å². The number of rotatable bonds is 7. The minimum atomic E-state index is -0.268. The molecule has 2 heterocycles. The summed E-state index contributed by atoms with van der Waals surface area (Å²) in [6, 6.07) is 12.0. The Morgan fingerprint density at radius 1 is 0.949 bits per heavy atom. The van der Waals surface area contributed by atoms with Crippen LogP contribution < -0.4 is 20.3 Å². The smallest absolute Gasteiger partial charge is 0.268 e. The van der Waals surface area contributed by atoms with Crippen molar-refractivity contribution in [2.45, 2.75) is 13.3 Å². The predicted octanol–water partition coefficient (Wildman–Crippen LogP) is 3.85. The molecule has 0 aliphatic carbocycles. The highest BCUT2D eigenvalue weighted by Crippen LogP contribution is 2.42. The van der Waals surface area contributed by atoms with E-state index in [1.54, 1.807) is 51.5 Å². The minimum absolute atomic E-state index is 0.157. The number of ether oxygens (including phenoxy) is 1. The Morgan fingerprint density at radius 3 is 2.36 bits per heavy atom. The van der Waals surface area contributed by atoms with Crippen molar-refractivity contribution < 1.29 is 23.9 Å². The molecule has 1 aliphatic rings. The van der Waals surface area contributed by atoms with E-state index in [4.69, 9.17) is 16.3 Å². The van der Waals surface area contributed by atoms with Crippen LogP contribution in [0.15, 0.2) is 42.5 Å². The zero-order chi connectivity index (χ0) is 28.3. The van der Waals surface area contributed by atoms with Crippen molar-refractivity contribution >= 4 is 52.3 Å². The molecule has 1 aromatic heterocycles. The standard InChI is InChI=1S/C28H29ClN4O5S/c1-16(34)30-10-11-31-26(35)18-5-7-20-23(14-18)38-12-9-17-15-24(39-25(17)20)28(37)33(4)22-8-6-19(13-21(22)29)27(36)32(2)3/h5-8,13-15H,9-12H2,1-4H3,(H,30,34)(H,31,35). The molecule has 0 saturated carbocycles. The Kier molecular flexibility index (Phi) is 8.57. The molecule has 0 saturated heterocycles. The first-order chi connectivity index (χ1) is 18.6. The van der Waals surface area contributed by atoms with Crippen molar-refractivity contribution in [3.8, 4) is 16.2 Å². The Morgan fingerprint density at radius 2 is 1.67 bits per heavy atom. The summed E-state index contributed by atoms with van der Waals surface area (Å²) in [5.74, 6) is -0.252. The highest BCUT2D eigenvalue weighted by molar-refractivity contribution is 7.17. The first-order valence-corrected chi connectivity index (χ1v) is 13.5. The number of amides is 4. The van der Waals surface area contributed by atoms with Gasteiger partial charge in [0.15, 0.2) is 0 Å². The van der Waals surface area contributed by atoms with Crippen LogP contribution in [-0.4, -0.2) is 69.4 Å². The third-order valence-electron chi connectivity index (χ3n) is 6.19. The first-order valence-electron chi connectivity index (χ1n) is 12.3. The number of hydrogen-bond donors (Lipinski definition) is 2. The fourth-order valence-corrected chi connectivity index (χ4v) is 5.67. The van der Waals surface area contributed by atoms with Crippen LogP contribution in [0.5, 0.6) is 5.75 Å². The Balaban J connectivity index is 1.54. The molecule has 204 valence electrons. The zero-order valence-corrected chi connectivity index (χ0v) is 23.7. The van der Waals surface area contributed by atoms with E-state index in [1.165, 1.54) is 28.1 Å². The van der Waals surface area contributed by atoms with Crippen LogP contribution in [0.2, 0.25) is 5.02 Å². The van der Waals surface area contributed by atoms with Gasteiger partial charge in [0.2, 0.25) is 5.91 Å². The van der Waals surface area contributed by atoms with Gasteiger partial charge in [0, 0.05) is 69.1 Å². The average molecular weight is 569 g/mol. The van der Waals surface area contributed by atoms with Gasteiger partial charge in [0.1, 0.15) is 5.75 Å². The van der Waals surface area contributed by atoms with Crippen molar-refractivity contribution in [2.75, 3.05) is 45.7 Å². The van der Waals surface area contributed by atoms with Gasteiger partial charge < -0.3 is 25.2 Å². The number of carbonyl (C=O) groups is 4. The van der Waals surface area contributed by atoms with E-state index in [2.05, 4.69) is 10.6 Å². The molecule has 4 rings (SSSR count). The first kappa shape index (κ1) is 28.1. The normalized spacial score (nSPS) is 11.8. The van der Waals surface area contributed by atoms with Crippen molar-refractivity contribution in [3.63, 3.8) is 0 Å². The lowest BCUT2D eigenvalue weighted by Gasteiger charge is -2.19. The maximum absolute atomic E-state index is 13.4. The third kappa shape index (κ3) is 6.23. The molecule has 39 heavy (non-hydrogen) atoms. The molecule has 9 nitrogen and oxygen atoms in total. The number of fused-ring (bicyclic) bond motifs is 3. The molecule has 4 amide bonds. The van der Waals surface area contributed by atoms with E-state index in [0.717, 1.165) is 16.0 Å². The Labute approximate surface area is 235 Å². The van der Waals surface area contributed by atoms with Crippen molar-refractivity contribution in [2.24, 2.45) is 0 Å². The van der Waals surface area contributed by atoms with Gasteiger partial charge in [-0.1, -0.05) is 11.6 Å². The molecule has 0 radical (unpaired) electrons. The Bertz CT molecular complexity index is 1450. The van der Waals surface area contributed by atoms with Gasteiger partial charge in [0.05, 0.1) is 22.2 Å². The van der Waals surface area contributed by atoms with Gasteiger partial charge in [0.25, 0.3) is 17.7 Å². The van der Waals surface area contributed by atoms with E-state index in [1.807, 2.05) is 12.1 Å². The molecular weight excluding hydrogens is 540 g/mol. The molecule has 11 heteroatoms. The van der Waals surface area contributed by atoms with Crippen molar-refractivity contribution in [1.82, 2.24) is 15.5 Å². The molecule has 0 unspecified atom stereocenters. The summed E-state index contributed by atoms with van der Waals surface area (Å²) in [5, 5.41) is 5.71. The lowest BCUT2D eigenvalue weighted by molar-refractivity contribution is -0.118. The molecular formula is C28H29ClN4O5S. The predicted molar refractivity (Wildman–Crippen MR) is 152 cm³/mol. The van der Waals surface area contributed by atoms with Crippen LogP contribution in [0.3, 0.4) is 0 Å². The minimum Gasteiger partial charge on any atom is -0.493 e. The quantitative estimate of drug-likeness (QED) is 0.421. The maximum Gasteiger partial charge on any atom is 0.268 e. The summed E-state index contributed by atoms with van der Waals surface area (Å²) in [7, 11) is 4.97. The van der Waals surface area contributed by atoms with E-state index >= 15 is 0 Å². The van der Waals surface area contributed by atoms with Crippen molar-refractivity contribution in [3.05, 3.63) is 69.1 Å². The van der Waals surface area contributed by atoms with E-state index in [-0.39, 0.29) is 23.6 Å². The number of carbonyl (C=O) groups excluding carboxylic acids is 4. The fraction of sp³-hybridized carbons (Fsp3) is 0.286. The third-order valence-corrected chi connectivity index (χ3v) is 7.69. The topological polar surface area (TPSA) is 108 Å². The highest BCUT2D eigenvalue weighted by atomic mass is 35.5. The van der Waals surface area contributed by atoms with E-state index in [9.17, 15) is 19.2 Å². The number of anilines is 1. The summed E-state index contributed by atoms with van der Waals surface area (Å²) in [5.41, 5.74) is 3.18. The second kappa shape index (κ2) is 11.9. The summed E-state index contributed by atoms with van der Waals surface area (Å²) in [6.07, 6.45) is 0.609. The number of nitrogens with zero attached hydrogens (tertiary/aromatic N) is 2. The van der Waals surface area contributed by atoms with Gasteiger partial charge in [-0.15, -0.1) is 11.3 Å². The second-order valence-corrected chi connectivity index (χ2v) is 10.7. The number of hydrogen-bond acceptors (Lipinski definition) is 6. The zero-order valence-electron chi connectivity index (χ0n) is 22.1. The van der Waals surface area contributed by atoms with Crippen molar-refractivity contribution in [1.29, 1.82) is 0 Å². The van der Waals surface area contributed by atoms with Gasteiger partial charge in [-0.2, -0.15) is 0 Å². The highest BCUT2D eigenvalue weighted by Gasteiger charge is 2.25. The van der Waals surface area contributed by atoms with Crippen LogP contribution in [0, 0.1) is 0 Å². The van der Waals surface area contributed by atoms with Crippen LogP contribution >= 0.6 is 22.9 Å². The monoisotopic (exact) mass is 568 g/mol. The number of thiophene rings is 1. The van der Waals surface area contributed by atoms with Crippen LogP contribution in [-0.2, 0) is 11.2 Å². The lowest BCUT2D eigenvalue weighted by atomic mass is 10.0. The SMILES string of the molecule is CC(=O)NCCNC(=O)c1ccc2c(c1)OCCc1cc(C(=O)N(C)c3ccc(C(=O)N(C)C)cc3Cl)sc1-2. The van der Waals surface area contributed by atoms with Gasteiger partial charge in [-0.3, -0.25) is 19.2 Å². The second-order valence-electron chi connectivity index (χ2n) is 9.24. The molecule has 2 aromatic carbocycles.